The number of likely N-dealkylation sites (tertiary alicyclic amines) is 1. The standard InChI is InChI=1S/C16H29N3O4/c1-3-16(11-20)6-5-7-19(16)15(23)17-12-8-13(9-12)18(4-2)10-14(21)22/h12-13,20H,3-11H2,1-2H3,(H,17,23)(H,21,22). The zero-order chi connectivity index (χ0) is 17.0. The van der Waals surface area contributed by atoms with Gasteiger partial charge in [-0.3, -0.25) is 9.69 Å². The molecule has 1 aliphatic carbocycles. The van der Waals surface area contributed by atoms with Gasteiger partial charge in [0.25, 0.3) is 0 Å². The fourth-order valence-corrected chi connectivity index (χ4v) is 3.83. The van der Waals surface area contributed by atoms with Crippen molar-refractivity contribution in [1.29, 1.82) is 0 Å². The maximum Gasteiger partial charge on any atom is 0.318 e. The lowest BCUT2D eigenvalue weighted by atomic mass is 9.85. The number of nitrogens with one attached hydrogen (secondary N) is 1. The summed E-state index contributed by atoms with van der Waals surface area (Å²) in [5.41, 5.74) is -0.411. The topological polar surface area (TPSA) is 93.1 Å². The smallest absolute Gasteiger partial charge is 0.318 e. The first-order valence-corrected chi connectivity index (χ1v) is 8.60. The number of aliphatic hydroxyl groups is 1. The van der Waals surface area contributed by atoms with E-state index in [1.54, 1.807) is 4.90 Å². The number of carboxylic acid groups (broad SMARTS) is 1. The highest BCUT2D eigenvalue weighted by molar-refractivity contribution is 5.76. The molecule has 0 bridgehead atoms. The predicted molar refractivity (Wildman–Crippen MR) is 86.3 cm³/mol. The minimum absolute atomic E-state index is 0.00638. The van der Waals surface area contributed by atoms with Crippen LogP contribution in [0.2, 0.25) is 0 Å². The van der Waals surface area contributed by atoms with E-state index >= 15 is 0 Å². The maximum absolute atomic E-state index is 12.5. The van der Waals surface area contributed by atoms with Crippen molar-refractivity contribution >= 4 is 12.0 Å². The number of urea groups is 1. The maximum atomic E-state index is 12.5. The van der Waals surface area contributed by atoms with Gasteiger partial charge in [-0.1, -0.05) is 13.8 Å². The van der Waals surface area contributed by atoms with Crippen LogP contribution in [0, 0.1) is 0 Å². The van der Waals surface area contributed by atoms with E-state index in [0.717, 1.165) is 32.1 Å². The van der Waals surface area contributed by atoms with Crippen molar-refractivity contribution in [3.8, 4) is 0 Å². The van der Waals surface area contributed by atoms with Crippen LogP contribution in [0.3, 0.4) is 0 Å². The van der Waals surface area contributed by atoms with Gasteiger partial charge in [0.05, 0.1) is 18.7 Å². The van der Waals surface area contributed by atoms with Crippen molar-refractivity contribution in [2.45, 2.75) is 63.6 Å². The highest BCUT2D eigenvalue weighted by Crippen LogP contribution is 2.33. The Morgan fingerprint density at radius 3 is 2.57 bits per heavy atom. The summed E-state index contributed by atoms with van der Waals surface area (Å²) in [6, 6.07) is 0.237. The van der Waals surface area contributed by atoms with E-state index < -0.39 is 11.5 Å². The molecule has 23 heavy (non-hydrogen) atoms. The number of hydrogen-bond acceptors (Lipinski definition) is 4. The Morgan fingerprint density at radius 1 is 1.35 bits per heavy atom. The number of amides is 2. The molecule has 2 amide bonds. The summed E-state index contributed by atoms with van der Waals surface area (Å²) < 4.78 is 0. The van der Waals surface area contributed by atoms with E-state index in [2.05, 4.69) is 5.32 Å². The SMILES string of the molecule is CCN(CC(=O)O)C1CC(NC(=O)N2CCCC2(CC)CO)C1. The molecule has 1 saturated heterocycles. The van der Waals surface area contributed by atoms with Crippen LogP contribution in [0.25, 0.3) is 0 Å². The van der Waals surface area contributed by atoms with Crippen LogP contribution < -0.4 is 5.32 Å². The fourth-order valence-electron chi connectivity index (χ4n) is 3.83. The molecule has 2 rings (SSSR count). The van der Waals surface area contributed by atoms with E-state index in [4.69, 9.17) is 5.11 Å². The number of hydrogen-bond donors (Lipinski definition) is 3. The van der Waals surface area contributed by atoms with Crippen molar-refractivity contribution in [3.05, 3.63) is 0 Å². The molecule has 0 aromatic rings. The molecule has 0 aromatic heterocycles. The molecule has 7 nitrogen and oxygen atoms in total. The average Bonchev–Trinajstić information content (AvgIpc) is 2.92. The lowest BCUT2D eigenvalue weighted by Crippen LogP contribution is -2.59. The lowest BCUT2D eigenvalue weighted by Gasteiger charge is -2.44. The third-order valence-corrected chi connectivity index (χ3v) is 5.50. The van der Waals surface area contributed by atoms with Crippen molar-refractivity contribution in [1.82, 2.24) is 15.1 Å². The van der Waals surface area contributed by atoms with Crippen molar-refractivity contribution in [2.75, 3.05) is 26.2 Å². The highest BCUT2D eigenvalue weighted by Gasteiger charge is 2.43. The zero-order valence-electron chi connectivity index (χ0n) is 14.1. The summed E-state index contributed by atoms with van der Waals surface area (Å²) in [7, 11) is 0. The van der Waals surface area contributed by atoms with Gasteiger partial charge in [-0.25, -0.2) is 4.79 Å². The lowest BCUT2D eigenvalue weighted by molar-refractivity contribution is -0.139. The monoisotopic (exact) mass is 327 g/mol. The second-order valence-electron chi connectivity index (χ2n) is 6.72. The zero-order valence-corrected chi connectivity index (χ0v) is 14.1. The van der Waals surface area contributed by atoms with Gasteiger partial charge in [0.15, 0.2) is 0 Å². The van der Waals surface area contributed by atoms with Gasteiger partial charge in [0.2, 0.25) is 0 Å². The molecule has 2 aliphatic rings. The van der Waals surface area contributed by atoms with Crippen LogP contribution >= 0.6 is 0 Å². The van der Waals surface area contributed by atoms with Crippen molar-refractivity contribution in [3.63, 3.8) is 0 Å². The fraction of sp³-hybridized carbons (Fsp3) is 0.875. The molecule has 0 spiro atoms. The molecule has 0 aromatic carbocycles. The van der Waals surface area contributed by atoms with E-state index in [9.17, 15) is 14.7 Å². The molecule has 7 heteroatoms. The molecule has 132 valence electrons. The third-order valence-electron chi connectivity index (χ3n) is 5.50. The van der Waals surface area contributed by atoms with Crippen LogP contribution in [0.4, 0.5) is 4.79 Å². The van der Waals surface area contributed by atoms with Crippen LogP contribution in [0.5, 0.6) is 0 Å². The molecule has 1 saturated carbocycles. The first-order valence-electron chi connectivity index (χ1n) is 8.60. The van der Waals surface area contributed by atoms with E-state index in [1.165, 1.54) is 0 Å². The van der Waals surface area contributed by atoms with Gasteiger partial charge in [0.1, 0.15) is 0 Å². The number of nitrogens with zero attached hydrogens (tertiary/aromatic N) is 2. The number of aliphatic carboxylic acids is 1. The molecule has 1 aliphatic heterocycles. The summed E-state index contributed by atoms with van der Waals surface area (Å²) in [4.78, 5) is 27.1. The molecular formula is C16H29N3O4. The molecule has 3 N–H and O–H groups in total. The van der Waals surface area contributed by atoms with Crippen LogP contribution in [0.15, 0.2) is 0 Å². The summed E-state index contributed by atoms with van der Waals surface area (Å²) in [5, 5.41) is 21.6. The molecule has 1 heterocycles. The number of carboxylic acids is 1. The van der Waals surface area contributed by atoms with Crippen LogP contribution in [-0.4, -0.2) is 75.9 Å². The first kappa shape index (κ1) is 18.0. The average molecular weight is 327 g/mol. The summed E-state index contributed by atoms with van der Waals surface area (Å²) >= 11 is 0. The van der Waals surface area contributed by atoms with Gasteiger partial charge in [-0.2, -0.15) is 0 Å². The van der Waals surface area contributed by atoms with Crippen molar-refractivity contribution < 1.29 is 19.8 Å². The number of aliphatic hydroxyl groups excluding tert-OH is 1. The Labute approximate surface area is 137 Å². The van der Waals surface area contributed by atoms with E-state index in [1.807, 2.05) is 18.7 Å². The quantitative estimate of drug-likeness (QED) is 0.645. The van der Waals surface area contributed by atoms with Gasteiger partial charge < -0.3 is 20.4 Å². The molecule has 2 fully saturated rings. The number of rotatable bonds is 7. The Morgan fingerprint density at radius 2 is 2.04 bits per heavy atom. The Kier molecular flexibility index (Phi) is 5.86. The normalized spacial score (nSPS) is 30.3. The minimum atomic E-state index is -0.813. The first-order chi connectivity index (χ1) is 11.0. The molecule has 1 atom stereocenters. The predicted octanol–water partition coefficient (Wildman–Crippen LogP) is 0.870. The summed E-state index contributed by atoms with van der Waals surface area (Å²) in [6.45, 7) is 5.41. The minimum Gasteiger partial charge on any atom is -0.480 e. The largest absolute Gasteiger partial charge is 0.480 e. The Balaban J connectivity index is 1.83. The highest BCUT2D eigenvalue weighted by atomic mass is 16.4. The van der Waals surface area contributed by atoms with E-state index in [0.29, 0.717) is 13.1 Å². The molecular weight excluding hydrogens is 298 g/mol. The molecule has 1 unspecified atom stereocenters. The number of carbonyl (C=O) groups excluding carboxylic acids is 1. The Bertz CT molecular complexity index is 433. The van der Waals surface area contributed by atoms with Gasteiger partial charge in [0, 0.05) is 18.6 Å². The van der Waals surface area contributed by atoms with Crippen molar-refractivity contribution in [2.24, 2.45) is 0 Å². The number of likely N-dealkylation sites (N-methyl/N-ethyl adjacent to an activating group) is 1. The van der Waals surface area contributed by atoms with Crippen LogP contribution in [0.1, 0.15) is 46.0 Å². The van der Waals surface area contributed by atoms with Gasteiger partial charge in [-0.15, -0.1) is 0 Å². The Hall–Kier alpha value is -1.34. The second kappa shape index (κ2) is 7.49. The molecule has 0 radical (unpaired) electrons. The second-order valence-corrected chi connectivity index (χ2v) is 6.72. The van der Waals surface area contributed by atoms with Gasteiger partial charge in [-0.05, 0) is 38.6 Å². The van der Waals surface area contributed by atoms with Gasteiger partial charge >= 0.3 is 12.0 Å². The summed E-state index contributed by atoms with van der Waals surface area (Å²) in [6.07, 6.45) is 4.12. The number of carbonyl (C=O) groups is 2. The van der Waals surface area contributed by atoms with E-state index in [-0.39, 0.29) is 31.3 Å². The van der Waals surface area contributed by atoms with Crippen LogP contribution in [-0.2, 0) is 4.79 Å². The summed E-state index contributed by atoms with van der Waals surface area (Å²) in [5.74, 6) is -0.813. The third kappa shape index (κ3) is 3.77.